The summed E-state index contributed by atoms with van der Waals surface area (Å²) in [5, 5.41) is 2.86. The molecule has 2 aromatic rings. The summed E-state index contributed by atoms with van der Waals surface area (Å²) >= 11 is 0. The van der Waals surface area contributed by atoms with Crippen LogP contribution in [0.2, 0.25) is 0 Å². The highest BCUT2D eigenvalue weighted by molar-refractivity contribution is 6.03. The van der Waals surface area contributed by atoms with Crippen molar-refractivity contribution in [2.75, 3.05) is 30.4 Å². The van der Waals surface area contributed by atoms with Crippen molar-refractivity contribution >= 4 is 17.5 Å². The minimum Gasteiger partial charge on any atom is -0.497 e. The Hall–Kier alpha value is -2.63. The second-order valence-electron chi connectivity index (χ2n) is 5.92. The highest BCUT2D eigenvalue weighted by Crippen LogP contribution is 2.18. The van der Waals surface area contributed by atoms with Crippen LogP contribution in [0.3, 0.4) is 0 Å². The Morgan fingerprint density at radius 2 is 1.83 bits per heavy atom. The van der Waals surface area contributed by atoms with Crippen LogP contribution < -0.4 is 15.0 Å². The molecule has 2 heterocycles. The van der Waals surface area contributed by atoms with E-state index in [1.807, 2.05) is 6.92 Å². The van der Waals surface area contributed by atoms with E-state index < -0.39 is 0 Å². The molecular formula is C18H22N4O2. The van der Waals surface area contributed by atoms with Crippen LogP contribution >= 0.6 is 0 Å². The minimum atomic E-state index is -0.232. The lowest BCUT2D eigenvalue weighted by Gasteiger charge is -2.27. The average molecular weight is 326 g/mol. The molecule has 0 saturated carbocycles. The van der Waals surface area contributed by atoms with Gasteiger partial charge in [-0.05, 0) is 56.5 Å². The maximum absolute atomic E-state index is 12.5. The van der Waals surface area contributed by atoms with Crippen molar-refractivity contribution < 1.29 is 9.53 Å². The molecule has 1 aliphatic heterocycles. The molecule has 1 amide bonds. The molecule has 0 atom stereocenters. The Labute approximate surface area is 141 Å². The zero-order chi connectivity index (χ0) is 16.9. The summed E-state index contributed by atoms with van der Waals surface area (Å²) < 4.78 is 5.12. The summed E-state index contributed by atoms with van der Waals surface area (Å²) in [6, 6.07) is 8.93. The molecule has 0 radical (unpaired) electrons. The third kappa shape index (κ3) is 3.82. The fourth-order valence-electron chi connectivity index (χ4n) is 2.77. The molecule has 3 rings (SSSR count). The third-order valence-corrected chi connectivity index (χ3v) is 4.06. The lowest BCUT2D eigenvalue weighted by Crippen LogP contribution is -2.31. The second kappa shape index (κ2) is 7.29. The van der Waals surface area contributed by atoms with Crippen LogP contribution in [-0.2, 0) is 0 Å². The predicted molar refractivity (Wildman–Crippen MR) is 93.8 cm³/mol. The zero-order valence-electron chi connectivity index (χ0n) is 14.1. The first-order valence-corrected chi connectivity index (χ1v) is 8.22. The SMILES string of the molecule is COc1ccc(NC(=O)c2cc(C)nc(N3CCCCC3)n2)cc1. The standard InChI is InChI=1S/C18H22N4O2/c1-13-12-16(21-18(19-13)22-10-4-3-5-11-22)17(23)20-14-6-8-15(24-2)9-7-14/h6-9,12H,3-5,10-11H2,1-2H3,(H,20,23). The molecule has 24 heavy (non-hydrogen) atoms. The van der Waals surface area contributed by atoms with Crippen LogP contribution in [0.15, 0.2) is 30.3 Å². The maximum Gasteiger partial charge on any atom is 0.274 e. The Morgan fingerprint density at radius 1 is 1.12 bits per heavy atom. The number of carbonyl (C=O) groups is 1. The fourth-order valence-corrected chi connectivity index (χ4v) is 2.77. The van der Waals surface area contributed by atoms with Crippen LogP contribution in [0.1, 0.15) is 35.4 Å². The van der Waals surface area contributed by atoms with E-state index in [1.165, 1.54) is 6.42 Å². The van der Waals surface area contributed by atoms with Crippen molar-refractivity contribution in [1.29, 1.82) is 0 Å². The van der Waals surface area contributed by atoms with E-state index in [4.69, 9.17) is 4.74 Å². The van der Waals surface area contributed by atoms with Crippen LogP contribution in [-0.4, -0.2) is 36.1 Å². The predicted octanol–water partition coefficient (Wildman–Crippen LogP) is 3.04. The highest BCUT2D eigenvalue weighted by atomic mass is 16.5. The van der Waals surface area contributed by atoms with Gasteiger partial charge in [-0.15, -0.1) is 0 Å². The fraction of sp³-hybridized carbons (Fsp3) is 0.389. The Morgan fingerprint density at radius 3 is 2.50 bits per heavy atom. The molecule has 1 aromatic carbocycles. The van der Waals surface area contributed by atoms with Crippen LogP contribution in [0.5, 0.6) is 5.75 Å². The number of carbonyl (C=O) groups excluding carboxylic acids is 1. The van der Waals surface area contributed by atoms with E-state index in [9.17, 15) is 4.79 Å². The van der Waals surface area contributed by atoms with Crippen molar-refractivity contribution in [3.8, 4) is 5.75 Å². The van der Waals surface area contributed by atoms with Crippen LogP contribution in [0.4, 0.5) is 11.6 Å². The van der Waals surface area contributed by atoms with Gasteiger partial charge in [-0.1, -0.05) is 0 Å². The molecule has 1 fully saturated rings. The van der Waals surface area contributed by atoms with Crippen molar-refractivity contribution in [2.45, 2.75) is 26.2 Å². The van der Waals surface area contributed by atoms with Gasteiger partial charge in [-0.25, -0.2) is 9.97 Å². The maximum atomic E-state index is 12.5. The molecule has 0 bridgehead atoms. The second-order valence-corrected chi connectivity index (χ2v) is 5.92. The van der Waals surface area contributed by atoms with E-state index in [0.29, 0.717) is 17.3 Å². The molecule has 1 aromatic heterocycles. The lowest BCUT2D eigenvalue weighted by atomic mass is 10.1. The van der Waals surface area contributed by atoms with Gasteiger partial charge >= 0.3 is 0 Å². The molecule has 1 N–H and O–H groups in total. The monoisotopic (exact) mass is 326 g/mol. The van der Waals surface area contributed by atoms with Gasteiger partial charge in [0.1, 0.15) is 11.4 Å². The number of hydrogen-bond acceptors (Lipinski definition) is 5. The molecule has 126 valence electrons. The molecule has 1 saturated heterocycles. The molecule has 6 heteroatoms. The smallest absolute Gasteiger partial charge is 0.274 e. The summed E-state index contributed by atoms with van der Waals surface area (Å²) in [6.45, 7) is 3.78. The number of methoxy groups -OCH3 is 1. The summed E-state index contributed by atoms with van der Waals surface area (Å²) in [4.78, 5) is 23.6. The molecule has 1 aliphatic rings. The number of nitrogens with one attached hydrogen (secondary N) is 1. The Balaban J connectivity index is 1.77. The molecule has 6 nitrogen and oxygen atoms in total. The van der Waals surface area contributed by atoms with Crippen molar-refractivity contribution in [1.82, 2.24) is 9.97 Å². The van der Waals surface area contributed by atoms with E-state index in [-0.39, 0.29) is 5.91 Å². The number of nitrogens with zero attached hydrogens (tertiary/aromatic N) is 3. The number of ether oxygens (including phenoxy) is 1. The summed E-state index contributed by atoms with van der Waals surface area (Å²) in [6.07, 6.45) is 3.53. The Bertz CT molecular complexity index is 709. The topological polar surface area (TPSA) is 67.3 Å². The number of piperidine rings is 1. The van der Waals surface area contributed by atoms with Crippen molar-refractivity contribution in [3.63, 3.8) is 0 Å². The zero-order valence-corrected chi connectivity index (χ0v) is 14.1. The number of hydrogen-bond donors (Lipinski definition) is 1. The first kappa shape index (κ1) is 16.2. The normalized spacial score (nSPS) is 14.3. The van der Waals surface area contributed by atoms with Gasteiger partial charge < -0.3 is 15.0 Å². The minimum absolute atomic E-state index is 0.232. The van der Waals surface area contributed by atoms with E-state index in [0.717, 1.165) is 37.4 Å². The van der Waals surface area contributed by atoms with Gasteiger partial charge in [0.15, 0.2) is 0 Å². The van der Waals surface area contributed by atoms with Crippen LogP contribution in [0, 0.1) is 6.92 Å². The summed E-state index contributed by atoms with van der Waals surface area (Å²) in [7, 11) is 1.61. The van der Waals surface area contributed by atoms with Gasteiger partial charge in [0.25, 0.3) is 5.91 Å². The highest BCUT2D eigenvalue weighted by Gasteiger charge is 2.17. The molecule has 0 unspecified atom stereocenters. The first-order chi connectivity index (χ1) is 11.7. The molecule has 0 aliphatic carbocycles. The van der Waals surface area contributed by atoms with E-state index in [1.54, 1.807) is 37.4 Å². The lowest BCUT2D eigenvalue weighted by molar-refractivity contribution is 0.102. The summed E-state index contributed by atoms with van der Waals surface area (Å²) in [5.74, 6) is 1.16. The van der Waals surface area contributed by atoms with Crippen molar-refractivity contribution in [3.05, 3.63) is 41.7 Å². The van der Waals surface area contributed by atoms with Crippen LogP contribution in [0.25, 0.3) is 0 Å². The van der Waals surface area contributed by atoms with Gasteiger partial charge in [-0.2, -0.15) is 0 Å². The Kier molecular flexibility index (Phi) is 4.93. The number of aryl methyl sites for hydroxylation is 1. The number of anilines is 2. The molecule has 0 spiro atoms. The number of aromatic nitrogens is 2. The van der Waals surface area contributed by atoms with E-state index >= 15 is 0 Å². The van der Waals surface area contributed by atoms with Gasteiger partial charge in [0.05, 0.1) is 7.11 Å². The quantitative estimate of drug-likeness (QED) is 0.935. The van der Waals surface area contributed by atoms with E-state index in [2.05, 4.69) is 20.2 Å². The number of rotatable bonds is 4. The number of amides is 1. The largest absolute Gasteiger partial charge is 0.497 e. The van der Waals surface area contributed by atoms with Gasteiger partial charge in [0.2, 0.25) is 5.95 Å². The summed E-state index contributed by atoms with van der Waals surface area (Å²) in [5.41, 5.74) is 1.89. The van der Waals surface area contributed by atoms with Gasteiger partial charge in [-0.3, -0.25) is 4.79 Å². The third-order valence-electron chi connectivity index (χ3n) is 4.06. The number of benzene rings is 1. The average Bonchev–Trinajstić information content (AvgIpc) is 2.62. The molecular weight excluding hydrogens is 304 g/mol. The van der Waals surface area contributed by atoms with Gasteiger partial charge in [0, 0.05) is 24.5 Å². The first-order valence-electron chi connectivity index (χ1n) is 8.22. The van der Waals surface area contributed by atoms with Crippen molar-refractivity contribution in [2.24, 2.45) is 0 Å².